The number of imide groups is 1. The summed E-state index contributed by atoms with van der Waals surface area (Å²) < 4.78 is 0. The Morgan fingerprint density at radius 2 is 2.30 bits per heavy atom. The van der Waals surface area contributed by atoms with Gasteiger partial charge in [-0.25, -0.2) is 4.79 Å². The highest BCUT2D eigenvalue weighted by atomic mass is 16.2. The van der Waals surface area contributed by atoms with Crippen molar-refractivity contribution in [1.82, 2.24) is 4.90 Å². The van der Waals surface area contributed by atoms with Crippen molar-refractivity contribution in [1.29, 1.82) is 0 Å². The number of rotatable bonds is 0. The Bertz CT molecular complexity index is 180. The van der Waals surface area contributed by atoms with Crippen LogP contribution < -0.4 is 11.5 Å². The lowest BCUT2D eigenvalue weighted by Gasteiger charge is -2.08. The highest BCUT2D eigenvalue weighted by molar-refractivity contribution is 5.97. The second-order valence-corrected chi connectivity index (χ2v) is 2.22. The van der Waals surface area contributed by atoms with Gasteiger partial charge in [-0.1, -0.05) is 0 Å². The van der Waals surface area contributed by atoms with Crippen LogP contribution in [0.5, 0.6) is 0 Å². The molecule has 1 aliphatic heterocycles. The Labute approximate surface area is 58.0 Å². The first-order chi connectivity index (χ1) is 4.63. The van der Waals surface area contributed by atoms with E-state index in [0.717, 1.165) is 4.90 Å². The number of nitrogens with zero attached hydrogens (tertiary/aromatic N) is 1. The minimum absolute atomic E-state index is 0.356. The number of nitrogens with two attached hydrogens (primary N) is 2. The minimum Gasteiger partial charge on any atom is -0.351 e. The van der Waals surface area contributed by atoms with Crippen LogP contribution in [0.1, 0.15) is 6.42 Å². The number of hydrogen-bond acceptors (Lipinski definition) is 3. The molecule has 5 heteroatoms. The summed E-state index contributed by atoms with van der Waals surface area (Å²) in [5, 5.41) is 0. The maximum Gasteiger partial charge on any atom is 0.321 e. The van der Waals surface area contributed by atoms with E-state index in [-0.39, 0.29) is 5.91 Å². The lowest BCUT2D eigenvalue weighted by atomic mass is 10.3. The molecule has 1 rings (SSSR count). The number of carbonyl (C=O) groups excluding carboxylic acids is 2. The van der Waals surface area contributed by atoms with Crippen LogP contribution in [0.3, 0.4) is 0 Å². The average Bonchev–Trinajstić information content (AvgIpc) is 2.14. The highest BCUT2D eigenvalue weighted by Gasteiger charge is 2.31. The maximum atomic E-state index is 10.8. The fraction of sp³-hybridized carbons (Fsp3) is 0.600. The van der Waals surface area contributed by atoms with Gasteiger partial charge < -0.3 is 11.5 Å². The van der Waals surface area contributed by atoms with Crippen molar-refractivity contribution in [2.24, 2.45) is 11.5 Å². The summed E-state index contributed by atoms with van der Waals surface area (Å²) in [5.74, 6) is -0.368. The molecule has 1 fully saturated rings. The number of likely N-dealkylation sites (tertiary alicyclic amines) is 1. The van der Waals surface area contributed by atoms with Crippen molar-refractivity contribution in [3.63, 3.8) is 0 Å². The molecule has 1 atom stereocenters. The zero-order chi connectivity index (χ0) is 7.72. The van der Waals surface area contributed by atoms with Crippen LogP contribution in [-0.4, -0.2) is 29.4 Å². The summed E-state index contributed by atoms with van der Waals surface area (Å²) in [6.45, 7) is 0.356. The maximum absolute atomic E-state index is 10.8. The van der Waals surface area contributed by atoms with Crippen LogP contribution >= 0.6 is 0 Å². The summed E-state index contributed by atoms with van der Waals surface area (Å²) in [4.78, 5) is 22.2. The Balaban J connectivity index is 2.66. The molecule has 3 amide bonds. The van der Waals surface area contributed by atoms with Gasteiger partial charge in [0.15, 0.2) is 0 Å². The van der Waals surface area contributed by atoms with Gasteiger partial charge in [0.2, 0.25) is 5.91 Å². The van der Waals surface area contributed by atoms with Gasteiger partial charge >= 0.3 is 6.03 Å². The molecule has 0 spiro atoms. The molecule has 0 radical (unpaired) electrons. The van der Waals surface area contributed by atoms with Gasteiger partial charge in [-0.15, -0.1) is 0 Å². The van der Waals surface area contributed by atoms with Crippen molar-refractivity contribution in [2.75, 3.05) is 6.54 Å². The standard InChI is InChI=1S/C5H9N3O2/c6-3-1-2-8(4(3)9)5(7)10/h3H,1-2,6H2,(H2,7,10)/t3-/m0/s1. The predicted octanol–water partition coefficient (Wildman–Crippen LogP) is -1.38. The van der Waals surface area contributed by atoms with E-state index in [0.29, 0.717) is 13.0 Å². The predicted molar refractivity (Wildman–Crippen MR) is 33.9 cm³/mol. The molecule has 5 nitrogen and oxygen atoms in total. The molecule has 10 heavy (non-hydrogen) atoms. The third-order valence-electron chi connectivity index (χ3n) is 1.51. The smallest absolute Gasteiger partial charge is 0.321 e. The van der Waals surface area contributed by atoms with Crippen LogP contribution in [0.2, 0.25) is 0 Å². The fourth-order valence-corrected chi connectivity index (χ4v) is 0.921. The number of carbonyl (C=O) groups is 2. The number of primary amides is 1. The van der Waals surface area contributed by atoms with E-state index in [1.807, 2.05) is 0 Å². The Kier molecular flexibility index (Phi) is 1.58. The van der Waals surface area contributed by atoms with E-state index in [2.05, 4.69) is 0 Å². The zero-order valence-electron chi connectivity index (χ0n) is 5.41. The van der Waals surface area contributed by atoms with Crippen LogP contribution in [-0.2, 0) is 4.79 Å². The summed E-state index contributed by atoms with van der Waals surface area (Å²) in [5.41, 5.74) is 10.2. The normalized spacial score (nSPS) is 25.5. The summed E-state index contributed by atoms with van der Waals surface area (Å²) in [7, 11) is 0. The number of urea groups is 1. The molecule has 0 aliphatic carbocycles. The lowest BCUT2D eigenvalue weighted by Crippen LogP contribution is -2.40. The molecular weight excluding hydrogens is 134 g/mol. The molecular formula is C5H9N3O2. The first-order valence-corrected chi connectivity index (χ1v) is 2.99. The zero-order valence-corrected chi connectivity index (χ0v) is 5.41. The molecule has 56 valence electrons. The molecule has 0 aromatic rings. The third kappa shape index (κ3) is 0.950. The van der Waals surface area contributed by atoms with Gasteiger partial charge in [-0.05, 0) is 6.42 Å². The minimum atomic E-state index is -0.710. The van der Waals surface area contributed by atoms with Crippen molar-refractivity contribution < 1.29 is 9.59 Å². The molecule has 1 aliphatic rings. The van der Waals surface area contributed by atoms with Gasteiger partial charge in [-0.3, -0.25) is 9.69 Å². The number of amides is 3. The van der Waals surface area contributed by atoms with Gasteiger partial charge in [0.1, 0.15) is 0 Å². The second-order valence-electron chi connectivity index (χ2n) is 2.22. The highest BCUT2D eigenvalue weighted by Crippen LogP contribution is 2.07. The molecule has 1 heterocycles. The van der Waals surface area contributed by atoms with Crippen molar-refractivity contribution >= 4 is 11.9 Å². The van der Waals surface area contributed by atoms with E-state index >= 15 is 0 Å². The molecule has 0 aromatic heterocycles. The van der Waals surface area contributed by atoms with Crippen molar-refractivity contribution in [3.05, 3.63) is 0 Å². The third-order valence-corrected chi connectivity index (χ3v) is 1.51. The number of hydrogen-bond donors (Lipinski definition) is 2. The summed E-state index contributed by atoms with van der Waals surface area (Å²) >= 11 is 0. The summed E-state index contributed by atoms with van der Waals surface area (Å²) in [6, 6.07) is -1.24. The monoisotopic (exact) mass is 143 g/mol. The van der Waals surface area contributed by atoms with Crippen LogP contribution in [0.15, 0.2) is 0 Å². The van der Waals surface area contributed by atoms with E-state index in [1.165, 1.54) is 0 Å². The Hall–Kier alpha value is -1.10. The van der Waals surface area contributed by atoms with Crippen molar-refractivity contribution in [2.45, 2.75) is 12.5 Å². The quantitative estimate of drug-likeness (QED) is 0.438. The van der Waals surface area contributed by atoms with Crippen molar-refractivity contribution in [3.8, 4) is 0 Å². The lowest BCUT2D eigenvalue weighted by molar-refractivity contribution is -0.126. The first-order valence-electron chi connectivity index (χ1n) is 2.99. The Morgan fingerprint density at radius 3 is 2.50 bits per heavy atom. The van der Waals surface area contributed by atoms with E-state index in [4.69, 9.17) is 11.5 Å². The van der Waals surface area contributed by atoms with Gasteiger partial charge in [0.25, 0.3) is 0 Å². The van der Waals surface area contributed by atoms with Crippen LogP contribution in [0.4, 0.5) is 4.79 Å². The molecule has 4 N–H and O–H groups in total. The van der Waals surface area contributed by atoms with Crippen LogP contribution in [0, 0.1) is 0 Å². The van der Waals surface area contributed by atoms with E-state index in [1.54, 1.807) is 0 Å². The molecule has 0 saturated carbocycles. The molecule has 0 unspecified atom stereocenters. The average molecular weight is 143 g/mol. The molecule has 1 saturated heterocycles. The van der Waals surface area contributed by atoms with Gasteiger partial charge in [0, 0.05) is 6.54 Å². The topological polar surface area (TPSA) is 89.4 Å². The fourth-order valence-electron chi connectivity index (χ4n) is 0.921. The van der Waals surface area contributed by atoms with Gasteiger partial charge in [0.05, 0.1) is 6.04 Å². The first kappa shape index (κ1) is 7.01. The molecule has 0 aromatic carbocycles. The van der Waals surface area contributed by atoms with E-state index < -0.39 is 12.1 Å². The van der Waals surface area contributed by atoms with Gasteiger partial charge in [-0.2, -0.15) is 0 Å². The second kappa shape index (κ2) is 2.26. The van der Waals surface area contributed by atoms with Crippen LogP contribution in [0.25, 0.3) is 0 Å². The molecule has 0 bridgehead atoms. The van der Waals surface area contributed by atoms with E-state index in [9.17, 15) is 9.59 Å². The SMILES string of the molecule is NC(=O)N1CC[C@H](N)C1=O. The largest absolute Gasteiger partial charge is 0.351 e. The summed E-state index contributed by atoms with van der Waals surface area (Å²) in [6.07, 6.45) is 0.516. The Morgan fingerprint density at radius 1 is 1.70 bits per heavy atom.